The molecule has 0 aromatic rings. The number of carbonyl (C=O) groups excluding carboxylic acids is 1. The van der Waals surface area contributed by atoms with Crippen LogP contribution in [0.25, 0.3) is 0 Å². The van der Waals surface area contributed by atoms with Gasteiger partial charge in [0.1, 0.15) is 0 Å². The first-order valence-electron chi connectivity index (χ1n) is 6.95. The van der Waals surface area contributed by atoms with Crippen molar-refractivity contribution in [1.82, 2.24) is 9.62 Å². The van der Waals surface area contributed by atoms with Gasteiger partial charge in [-0.2, -0.15) is 0 Å². The fourth-order valence-corrected chi connectivity index (χ4v) is 5.05. The molecule has 1 amide bonds. The molecule has 0 radical (unpaired) electrons. The lowest BCUT2D eigenvalue weighted by molar-refractivity contribution is -0.124. The predicted molar refractivity (Wildman–Crippen MR) is 74.1 cm³/mol. The Morgan fingerprint density at radius 2 is 2.00 bits per heavy atom. The number of carbonyl (C=O) groups is 1. The van der Waals surface area contributed by atoms with Crippen molar-refractivity contribution < 1.29 is 13.2 Å². The van der Waals surface area contributed by atoms with E-state index in [4.69, 9.17) is 0 Å². The Morgan fingerprint density at radius 1 is 1.32 bits per heavy atom. The summed E-state index contributed by atoms with van der Waals surface area (Å²) in [6, 6.07) is 0.169. The van der Waals surface area contributed by atoms with Crippen molar-refractivity contribution in [2.45, 2.75) is 46.1 Å². The second-order valence-corrected chi connectivity index (χ2v) is 8.91. The lowest BCUT2D eigenvalue weighted by Crippen LogP contribution is -2.55. The van der Waals surface area contributed by atoms with Crippen LogP contribution in [0, 0.1) is 11.3 Å². The van der Waals surface area contributed by atoms with Crippen molar-refractivity contribution in [3.63, 3.8) is 0 Å². The molecular formula is C13H24N2O3S. The summed E-state index contributed by atoms with van der Waals surface area (Å²) < 4.78 is 26.4. The van der Waals surface area contributed by atoms with Crippen molar-refractivity contribution >= 4 is 15.9 Å². The SMILES string of the molecule is CC(C)(C)CS(=O)(=O)N1CCC2NC(=O)CCC2C1. The molecule has 2 aliphatic heterocycles. The van der Waals surface area contributed by atoms with Crippen LogP contribution in [0.1, 0.15) is 40.0 Å². The van der Waals surface area contributed by atoms with Gasteiger partial charge in [-0.3, -0.25) is 4.79 Å². The number of piperidine rings is 2. The number of rotatable bonds is 2. The van der Waals surface area contributed by atoms with Crippen LogP contribution in [-0.4, -0.2) is 43.5 Å². The van der Waals surface area contributed by atoms with Crippen molar-refractivity contribution in [2.75, 3.05) is 18.8 Å². The van der Waals surface area contributed by atoms with E-state index in [1.807, 2.05) is 20.8 Å². The standard InChI is InChI=1S/C13H24N2O3S/c1-13(2,3)9-19(17,18)15-7-6-11-10(8-15)4-5-12(16)14-11/h10-11H,4-9H2,1-3H3,(H,14,16). The maximum absolute atomic E-state index is 12.4. The molecule has 0 bridgehead atoms. The number of sulfonamides is 1. The summed E-state index contributed by atoms with van der Waals surface area (Å²) >= 11 is 0. The maximum Gasteiger partial charge on any atom is 0.220 e. The van der Waals surface area contributed by atoms with Gasteiger partial charge in [0.05, 0.1) is 5.75 Å². The molecular weight excluding hydrogens is 264 g/mol. The molecule has 2 unspecified atom stereocenters. The monoisotopic (exact) mass is 288 g/mol. The lowest BCUT2D eigenvalue weighted by atomic mass is 9.86. The molecule has 0 aliphatic carbocycles. The summed E-state index contributed by atoms with van der Waals surface area (Å²) in [5.41, 5.74) is -0.226. The second kappa shape index (κ2) is 5.05. The number of fused-ring (bicyclic) bond motifs is 1. The molecule has 2 fully saturated rings. The Labute approximate surface area is 115 Å². The van der Waals surface area contributed by atoms with E-state index in [0.29, 0.717) is 19.5 Å². The van der Waals surface area contributed by atoms with Crippen molar-refractivity contribution in [3.05, 3.63) is 0 Å². The Hall–Kier alpha value is -0.620. The van der Waals surface area contributed by atoms with E-state index >= 15 is 0 Å². The zero-order valence-corrected chi connectivity index (χ0v) is 12.8. The number of nitrogens with zero attached hydrogens (tertiary/aromatic N) is 1. The minimum absolute atomic E-state index is 0.104. The first kappa shape index (κ1) is 14.8. The average Bonchev–Trinajstić information content (AvgIpc) is 2.25. The van der Waals surface area contributed by atoms with Crippen LogP contribution in [0.4, 0.5) is 0 Å². The van der Waals surface area contributed by atoms with Crippen LogP contribution in [0.3, 0.4) is 0 Å². The second-order valence-electron chi connectivity index (χ2n) is 6.94. The molecule has 110 valence electrons. The van der Waals surface area contributed by atoms with Crippen LogP contribution in [0.2, 0.25) is 0 Å². The third kappa shape index (κ3) is 3.69. The number of hydrogen-bond acceptors (Lipinski definition) is 3. The Bertz CT molecular complexity index is 453. The summed E-state index contributed by atoms with van der Waals surface area (Å²) in [5, 5.41) is 2.98. The molecule has 19 heavy (non-hydrogen) atoms. The van der Waals surface area contributed by atoms with Gasteiger partial charge in [-0.1, -0.05) is 20.8 Å². The van der Waals surface area contributed by atoms with Gasteiger partial charge in [0.2, 0.25) is 15.9 Å². The van der Waals surface area contributed by atoms with Crippen molar-refractivity contribution in [1.29, 1.82) is 0 Å². The van der Waals surface area contributed by atoms with E-state index in [0.717, 1.165) is 12.8 Å². The summed E-state index contributed by atoms with van der Waals surface area (Å²) in [4.78, 5) is 11.3. The molecule has 2 atom stereocenters. The molecule has 2 aliphatic rings. The highest BCUT2D eigenvalue weighted by Crippen LogP contribution is 2.28. The highest BCUT2D eigenvalue weighted by molar-refractivity contribution is 7.89. The van der Waals surface area contributed by atoms with E-state index in [9.17, 15) is 13.2 Å². The van der Waals surface area contributed by atoms with Gasteiger partial charge in [-0.05, 0) is 24.2 Å². The van der Waals surface area contributed by atoms with E-state index in [1.54, 1.807) is 4.31 Å². The highest BCUT2D eigenvalue weighted by Gasteiger charge is 2.38. The zero-order valence-electron chi connectivity index (χ0n) is 12.0. The summed E-state index contributed by atoms with van der Waals surface area (Å²) in [6.45, 7) is 6.91. The molecule has 5 nitrogen and oxygen atoms in total. The van der Waals surface area contributed by atoms with Gasteiger partial charge in [-0.15, -0.1) is 0 Å². The number of nitrogens with one attached hydrogen (secondary N) is 1. The highest BCUT2D eigenvalue weighted by atomic mass is 32.2. The van der Waals surface area contributed by atoms with Gasteiger partial charge < -0.3 is 5.32 Å². The summed E-state index contributed by atoms with van der Waals surface area (Å²) in [5.74, 6) is 0.567. The first-order valence-corrected chi connectivity index (χ1v) is 8.55. The topological polar surface area (TPSA) is 66.5 Å². The van der Waals surface area contributed by atoms with Gasteiger partial charge in [-0.25, -0.2) is 12.7 Å². The van der Waals surface area contributed by atoms with Crippen LogP contribution in [0.5, 0.6) is 0 Å². The fourth-order valence-electron chi connectivity index (χ4n) is 2.97. The van der Waals surface area contributed by atoms with Crippen LogP contribution in [0.15, 0.2) is 0 Å². The average molecular weight is 288 g/mol. The molecule has 1 N–H and O–H groups in total. The van der Waals surface area contributed by atoms with Crippen LogP contribution in [-0.2, 0) is 14.8 Å². The van der Waals surface area contributed by atoms with Crippen molar-refractivity contribution in [2.24, 2.45) is 11.3 Å². The number of hydrogen-bond donors (Lipinski definition) is 1. The van der Waals surface area contributed by atoms with Crippen LogP contribution >= 0.6 is 0 Å². The maximum atomic E-state index is 12.4. The molecule has 0 aromatic carbocycles. The first-order chi connectivity index (χ1) is 8.67. The van der Waals surface area contributed by atoms with E-state index in [2.05, 4.69) is 5.32 Å². The molecule has 2 saturated heterocycles. The molecule has 0 spiro atoms. The smallest absolute Gasteiger partial charge is 0.220 e. The van der Waals surface area contributed by atoms with Gasteiger partial charge in [0, 0.05) is 25.6 Å². The Kier molecular flexibility index (Phi) is 3.93. The van der Waals surface area contributed by atoms with Gasteiger partial charge >= 0.3 is 0 Å². The van der Waals surface area contributed by atoms with E-state index in [-0.39, 0.29) is 29.0 Å². The molecule has 0 aromatic heterocycles. The minimum Gasteiger partial charge on any atom is -0.353 e. The summed E-state index contributed by atoms with van der Waals surface area (Å²) in [7, 11) is -3.18. The quantitative estimate of drug-likeness (QED) is 0.823. The minimum atomic E-state index is -3.18. The van der Waals surface area contributed by atoms with Gasteiger partial charge in [0.25, 0.3) is 0 Å². The summed E-state index contributed by atoms with van der Waals surface area (Å²) in [6.07, 6.45) is 2.06. The van der Waals surface area contributed by atoms with E-state index in [1.165, 1.54) is 0 Å². The van der Waals surface area contributed by atoms with E-state index < -0.39 is 10.0 Å². The lowest BCUT2D eigenvalue weighted by Gasteiger charge is -2.41. The molecule has 6 heteroatoms. The number of amides is 1. The normalized spacial score (nSPS) is 29.7. The predicted octanol–water partition coefficient (Wildman–Crippen LogP) is 0.963. The third-order valence-electron chi connectivity index (χ3n) is 3.79. The zero-order chi connectivity index (χ0) is 14.3. The molecule has 0 saturated carbocycles. The van der Waals surface area contributed by atoms with Crippen molar-refractivity contribution in [3.8, 4) is 0 Å². The Morgan fingerprint density at radius 3 is 2.63 bits per heavy atom. The molecule has 2 rings (SSSR count). The fraction of sp³-hybridized carbons (Fsp3) is 0.923. The van der Waals surface area contributed by atoms with Crippen LogP contribution < -0.4 is 5.32 Å². The Balaban J connectivity index is 2.03. The largest absolute Gasteiger partial charge is 0.353 e. The molecule has 2 heterocycles. The third-order valence-corrected chi connectivity index (χ3v) is 6.14. The van der Waals surface area contributed by atoms with Gasteiger partial charge in [0.15, 0.2) is 0 Å².